The van der Waals surface area contributed by atoms with Gasteiger partial charge in [0.1, 0.15) is 0 Å². The molecule has 0 saturated carbocycles. The van der Waals surface area contributed by atoms with Gasteiger partial charge in [-0.3, -0.25) is 0 Å². The van der Waals surface area contributed by atoms with Gasteiger partial charge in [-0.1, -0.05) is 0 Å². The Labute approximate surface area is 79.0 Å². The predicted octanol–water partition coefficient (Wildman–Crippen LogP) is -0.656. The minimum atomic E-state index is 0. The summed E-state index contributed by atoms with van der Waals surface area (Å²) in [5.74, 6) is 0. The quantitative estimate of drug-likeness (QED) is 0.448. The van der Waals surface area contributed by atoms with E-state index < -0.39 is 0 Å². The topological polar surface area (TPSA) is 0 Å². The predicted molar refractivity (Wildman–Crippen MR) is 7.15 cm³/mol. The van der Waals surface area contributed by atoms with Gasteiger partial charge in [-0.2, -0.15) is 0 Å². The first-order chi connectivity index (χ1) is 0. The van der Waals surface area contributed by atoms with Crippen LogP contribution in [0, 0.1) is 0 Å². The standard InChI is InChI=1S/Fe.Mn.Na.Ni.H. The van der Waals surface area contributed by atoms with Gasteiger partial charge in [-0.25, -0.2) is 0 Å². The van der Waals surface area contributed by atoms with E-state index >= 15 is 0 Å². The zero-order chi connectivity index (χ0) is 0. The van der Waals surface area contributed by atoms with Gasteiger partial charge in [0.05, 0.1) is 0 Å². The first-order valence-corrected chi connectivity index (χ1v) is 0. The summed E-state index contributed by atoms with van der Waals surface area (Å²) >= 11 is 0. The molecule has 4 heteroatoms. The van der Waals surface area contributed by atoms with Crippen molar-refractivity contribution in [1.82, 2.24) is 0 Å². The molecule has 0 rings (SSSR count). The fourth-order valence-electron chi connectivity index (χ4n) is 0. The van der Waals surface area contributed by atoms with Gasteiger partial charge in [0.2, 0.25) is 0 Å². The van der Waals surface area contributed by atoms with Gasteiger partial charge < -0.3 is 0 Å². The Morgan fingerprint density at radius 1 is 1.00 bits per heavy atom. The van der Waals surface area contributed by atoms with Crippen LogP contribution >= 0.6 is 0 Å². The van der Waals surface area contributed by atoms with E-state index in [-0.39, 0.29) is 80.2 Å². The molecule has 0 bridgehead atoms. The summed E-state index contributed by atoms with van der Waals surface area (Å²) in [5, 5.41) is 0. The molecule has 27 valence electrons. The van der Waals surface area contributed by atoms with E-state index in [2.05, 4.69) is 0 Å². The summed E-state index contributed by atoms with van der Waals surface area (Å²) in [4.78, 5) is 0. The van der Waals surface area contributed by atoms with Crippen molar-refractivity contribution in [2.75, 3.05) is 0 Å². The monoisotopic (exact) mass is 193 g/mol. The van der Waals surface area contributed by atoms with Crippen LogP contribution in [0.5, 0.6) is 0 Å². The van der Waals surface area contributed by atoms with E-state index in [9.17, 15) is 0 Å². The molecule has 1 radical (unpaired) electrons. The first-order valence-electron chi connectivity index (χ1n) is 0. The van der Waals surface area contributed by atoms with Crippen molar-refractivity contribution in [3.63, 3.8) is 0 Å². The fourth-order valence-corrected chi connectivity index (χ4v) is 0. The summed E-state index contributed by atoms with van der Waals surface area (Å²) in [7, 11) is 0. The largest absolute Gasteiger partial charge is 0 e. The Morgan fingerprint density at radius 2 is 1.00 bits per heavy atom. The summed E-state index contributed by atoms with van der Waals surface area (Å²) in [6, 6.07) is 0. The third kappa shape index (κ3) is 8.82. The van der Waals surface area contributed by atoms with E-state index in [0.717, 1.165) is 0 Å². The van der Waals surface area contributed by atoms with E-state index in [1.807, 2.05) is 0 Å². The molecule has 0 aliphatic carbocycles. The molecule has 0 aliphatic rings. The Morgan fingerprint density at radius 3 is 1.00 bits per heavy atom. The van der Waals surface area contributed by atoms with Crippen molar-refractivity contribution in [2.24, 2.45) is 0 Å². The summed E-state index contributed by atoms with van der Waals surface area (Å²) in [6.07, 6.45) is 0. The maximum absolute atomic E-state index is 0. The van der Waals surface area contributed by atoms with Crippen molar-refractivity contribution >= 4 is 29.6 Å². The van der Waals surface area contributed by atoms with E-state index in [4.69, 9.17) is 0 Å². The van der Waals surface area contributed by atoms with Crippen LogP contribution in [-0.2, 0) is 50.6 Å². The minimum Gasteiger partial charge on any atom is 0 e. The zero-order valence-electron chi connectivity index (χ0n) is 1.05. The van der Waals surface area contributed by atoms with Crippen molar-refractivity contribution in [2.45, 2.75) is 0 Å². The van der Waals surface area contributed by atoms with Crippen LogP contribution in [0.1, 0.15) is 0 Å². The van der Waals surface area contributed by atoms with Crippen LogP contribution in [0.15, 0.2) is 0 Å². The molecule has 0 aliphatic heterocycles. The van der Waals surface area contributed by atoms with E-state index in [0.29, 0.717) is 0 Å². The molecule has 0 nitrogen and oxygen atoms in total. The molecule has 0 saturated heterocycles. The summed E-state index contributed by atoms with van der Waals surface area (Å²) < 4.78 is 0. The van der Waals surface area contributed by atoms with Crippen LogP contribution < -0.4 is 0 Å². The average Bonchev–Trinajstić information content (AvgIpc) is 0. The normalized spacial score (nSPS) is 0. The van der Waals surface area contributed by atoms with Crippen molar-refractivity contribution in [1.29, 1.82) is 0 Å². The molecule has 0 aromatic heterocycles. The average molecular weight is 193 g/mol. The van der Waals surface area contributed by atoms with Crippen LogP contribution in [0.3, 0.4) is 0 Å². The Kier molecular flexibility index (Phi) is 138. The van der Waals surface area contributed by atoms with Gasteiger partial charge in [-0.05, 0) is 0 Å². The molecule has 4 heavy (non-hydrogen) atoms. The summed E-state index contributed by atoms with van der Waals surface area (Å²) in [6.45, 7) is 0. The van der Waals surface area contributed by atoms with Gasteiger partial charge in [0.15, 0.2) is 0 Å². The number of rotatable bonds is 0. The Bertz CT molecular complexity index is 8.00. The summed E-state index contributed by atoms with van der Waals surface area (Å²) in [5.41, 5.74) is 0. The molecule has 0 fully saturated rings. The first kappa shape index (κ1) is 31.2. The molecule has 0 spiro atoms. The van der Waals surface area contributed by atoms with E-state index in [1.54, 1.807) is 0 Å². The molecular weight excluding hydrogens is 192 g/mol. The smallest absolute Gasteiger partial charge is 0 e. The minimum absolute atomic E-state index is 0. The Balaban J connectivity index is 0. The van der Waals surface area contributed by atoms with Gasteiger partial charge in [0, 0.05) is 50.6 Å². The maximum Gasteiger partial charge on any atom is 0 e. The molecule has 0 atom stereocenters. The van der Waals surface area contributed by atoms with Gasteiger partial charge >= 0.3 is 29.6 Å². The molecule has 0 aromatic rings. The number of hydrogen-bond donors (Lipinski definition) is 0. The molecule has 0 N–H and O–H groups in total. The van der Waals surface area contributed by atoms with Gasteiger partial charge in [-0.15, -0.1) is 0 Å². The zero-order valence-corrected chi connectivity index (χ0v) is 4.32. The van der Waals surface area contributed by atoms with E-state index in [1.165, 1.54) is 0 Å². The van der Waals surface area contributed by atoms with Gasteiger partial charge in [0.25, 0.3) is 0 Å². The Hall–Kier alpha value is 2.53. The fraction of sp³-hybridized carbons (Fsp3) is 0. The third-order valence-electron chi connectivity index (χ3n) is 0. The SMILES string of the molecule is [Fe].[Mn].[NaH].[Ni]. The third-order valence-corrected chi connectivity index (χ3v) is 0. The molecule has 0 heterocycles. The molecule has 0 amide bonds. The van der Waals surface area contributed by atoms with Crippen LogP contribution in [-0.4, -0.2) is 29.6 Å². The second-order valence-electron chi connectivity index (χ2n) is 0. The second kappa shape index (κ2) is 17.7. The second-order valence-corrected chi connectivity index (χ2v) is 0. The van der Waals surface area contributed by atoms with Crippen LogP contribution in [0.4, 0.5) is 0 Å². The van der Waals surface area contributed by atoms with Crippen molar-refractivity contribution < 1.29 is 50.6 Å². The molecule has 0 aromatic carbocycles. The van der Waals surface area contributed by atoms with Crippen LogP contribution in [0.2, 0.25) is 0 Å². The van der Waals surface area contributed by atoms with Crippen molar-refractivity contribution in [3.05, 3.63) is 0 Å². The molecule has 0 unspecified atom stereocenters. The van der Waals surface area contributed by atoms with Crippen molar-refractivity contribution in [3.8, 4) is 0 Å². The maximum atomic E-state index is 0. The molecular formula is HFeMnNaNi. The number of hydrogen-bond acceptors (Lipinski definition) is 0. The van der Waals surface area contributed by atoms with Crippen LogP contribution in [0.25, 0.3) is 0 Å².